The van der Waals surface area contributed by atoms with E-state index < -0.39 is 0 Å². The van der Waals surface area contributed by atoms with Crippen molar-refractivity contribution in [2.24, 2.45) is 0 Å². The lowest BCUT2D eigenvalue weighted by Gasteiger charge is -1.94. The van der Waals surface area contributed by atoms with Gasteiger partial charge in [0.05, 0.1) is 5.39 Å². The number of fused-ring (bicyclic) bond motifs is 7. The van der Waals surface area contributed by atoms with Gasteiger partial charge in [0.1, 0.15) is 30.2 Å². The van der Waals surface area contributed by atoms with Crippen LogP contribution in [-0.2, 0) is 0 Å². The van der Waals surface area contributed by atoms with Crippen molar-refractivity contribution >= 4 is 57.2 Å². The zero-order chi connectivity index (χ0) is 14.0. The maximum absolute atomic E-state index is 6.12. The molecule has 96 valence electrons. The van der Waals surface area contributed by atoms with Gasteiger partial charge in [-0.3, -0.25) is 0 Å². The Hall–Kier alpha value is -2.68. The van der Waals surface area contributed by atoms with E-state index in [4.69, 9.17) is 16.7 Å². The molecule has 5 rings (SSSR count). The fourth-order valence-corrected chi connectivity index (χ4v) is 3.12. The molecule has 0 N–H and O–H groups in total. The summed E-state index contributed by atoms with van der Waals surface area (Å²) in [7, 11) is 6.12. The van der Waals surface area contributed by atoms with E-state index in [1.54, 1.807) is 0 Å². The molecule has 0 spiro atoms. The van der Waals surface area contributed by atoms with Crippen LogP contribution in [0.4, 0.5) is 0 Å². The highest BCUT2D eigenvalue weighted by Crippen LogP contribution is 2.38. The Kier molecular flexibility index (Phi) is 1.94. The lowest BCUT2D eigenvalue weighted by Crippen LogP contribution is -2.00. The van der Waals surface area contributed by atoms with E-state index in [1.165, 1.54) is 0 Å². The third-order valence-corrected chi connectivity index (χ3v) is 4.04. The summed E-state index contributed by atoms with van der Waals surface area (Å²) in [6.45, 7) is 0. The normalized spacial score (nSPS) is 12.0. The summed E-state index contributed by atoms with van der Waals surface area (Å²) in [5, 5.41) is 4.08. The molecule has 0 atom stereocenters. The molecule has 0 fully saturated rings. The number of rotatable bonds is 0. The average Bonchev–Trinajstić information content (AvgIpc) is 3.05. The summed E-state index contributed by atoms with van der Waals surface area (Å²) in [5.41, 5.74) is 4.08. The van der Waals surface area contributed by atoms with E-state index in [2.05, 4.69) is 6.07 Å². The maximum Gasteiger partial charge on any atom is 0.147 e. The molecule has 2 aromatic heterocycles. The van der Waals surface area contributed by atoms with Crippen molar-refractivity contribution in [3.05, 3.63) is 54.6 Å². The van der Waals surface area contributed by atoms with Crippen LogP contribution in [0, 0.1) is 0 Å². The van der Waals surface area contributed by atoms with E-state index in [1.807, 2.05) is 48.5 Å². The molecule has 2 radical (unpaired) electrons. The first kappa shape index (κ1) is 11.0. The average molecular weight is 268 g/mol. The molecular formula is C18H9BO2. The lowest BCUT2D eigenvalue weighted by atomic mass is 9.91. The molecule has 2 heterocycles. The number of para-hydroxylation sites is 1. The molecule has 0 saturated carbocycles. The zero-order valence-electron chi connectivity index (χ0n) is 11.1. The van der Waals surface area contributed by atoms with Crippen molar-refractivity contribution < 1.29 is 8.83 Å². The number of benzene rings is 3. The number of furan rings is 2. The van der Waals surface area contributed by atoms with Crippen LogP contribution >= 0.6 is 0 Å². The van der Waals surface area contributed by atoms with Crippen LogP contribution in [0.3, 0.4) is 0 Å². The predicted octanol–water partition coefficient (Wildman–Crippen LogP) is 4.28. The molecule has 0 aliphatic carbocycles. The minimum absolute atomic E-state index is 0.735. The second kappa shape index (κ2) is 3.70. The van der Waals surface area contributed by atoms with Gasteiger partial charge in [0.25, 0.3) is 0 Å². The standard InChI is InChI=1S/C18H9BO2/c19-12-5-3-7-14-16(12)11-8-9-15-17(18(11)21-14)10-4-1-2-6-13(10)20-15/h1-9H. The molecular weight excluding hydrogens is 259 g/mol. The monoisotopic (exact) mass is 268 g/mol. The van der Waals surface area contributed by atoms with Gasteiger partial charge in [0.2, 0.25) is 0 Å². The smallest absolute Gasteiger partial charge is 0.147 e. The SMILES string of the molecule is [B]c1cccc2oc3c(ccc4oc5ccccc5c43)c12. The Morgan fingerprint density at radius 2 is 1.43 bits per heavy atom. The molecule has 5 aromatic rings. The molecule has 2 nitrogen and oxygen atoms in total. The Labute approximate surface area is 121 Å². The van der Waals surface area contributed by atoms with Crippen molar-refractivity contribution in [2.75, 3.05) is 0 Å². The molecule has 0 aliphatic rings. The largest absolute Gasteiger partial charge is 0.456 e. The van der Waals surface area contributed by atoms with Gasteiger partial charge in [-0.15, -0.1) is 0 Å². The van der Waals surface area contributed by atoms with Gasteiger partial charge in [0.15, 0.2) is 0 Å². The van der Waals surface area contributed by atoms with Crippen LogP contribution in [0.1, 0.15) is 0 Å². The van der Waals surface area contributed by atoms with Crippen LogP contribution in [0.2, 0.25) is 0 Å². The van der Waals surface area contributed by atoms with E-state index >= 15 is 0 Å². The molecule has 3 aromatic carbocycles. The third kappa shape index (κ3) is 1.33. The summed E-state index contributed by atoms with van der Waals surface area (Å²) < 4.78 is 12.0. The summed E-state index contributed by atoms with van der Waals surface area (Å²) in [4.78, 5) is 0. The van der Waals surface area contributed by atoms with Crippen LogP contribution in [-0.4, -0.2) is 7.85 Å². The minimum Gasteiger partial charge on any atom is -0.456 e. The van der Waals surface area contributed by atoms with Crippen molar-refractivity contribution in [3.8, 4) is 0 Å². The Bertz CT molecular complexity index is 1150. The fraction of sp³-hybridized carbons (Fsp3) is 0. The van der Waals surface area contributed by atoms with Crippen LogP contribution in [0.5, 0.6) is 0 Å². The zero-order valence-corrected chi connectivity index (χ0v) is 11.1. The molecule has 0 saturated heterocycles. The van der Waals surface area contributed by atoms with E-state index in [0.29, 0.717) is 0 Å². The topological polar surface area (TPSA) is 26.3 Å². The van der Waals surface area contributed by atoms with E-state index in [9.17, 15) is 0 Å². The van der Waals surface area contributed by atoms with Gasteiger partial charge in [-0.1, -0.05) is 35.8 Å². The molecule has 0 amide bonds. The van der Waals surface area contributed by atoms with E-state index in [0.717, 1.165) is 49.3 Å². The molecule has 21 heavy (non-hydrogen) atoms. The second-order valence-corrected chi connectivity index (χ2v) is 5.24. The first-order valence-electron chi connectivity index (χ1n) is 6.84. The van der Waals surface area contributed by atoms with Crippen molar-refractivity contribution in [1.29, 1.82) is 0 Å². The maximum atomic E-state index is 6.12. The van der Waals surface area contributed by atoms with Gasteiger partial charge in [-0.05, 0) is 24.3 Å². The molecule has 3 heteroatoms. The summed E-state index contributed by atoms with van der Waals surface area (Å²) in [6.07, 6.45) is 0. The first-order chi connectivity index (χ1) is 10.3. The van der Waals surface area contributed by atoms with Crippen LogP contribution in [0.15, 0.2) is 63.4 Å². The van der Waals surface area contributed by atoms with Crippen LogP contribution in [0.25, 0.3) is 43.9 Å². The third-order valence-electron chi connectivity index (χ3n) is 4.04. The summed E-state index contributed by atoms with van der Waals surface area (Å²) >= 11 is 0. The van der Waals surface area contributed by atoms with Gasteiger partial charge in [-0.25, -0.2) is 0 Å². The second-order valence-electron chi connectivity index (χ2n) is 5.24. The van der Waals surface area contributed by atoms with Gasteiger partial charge < -0.3 is 8.83 Å². The van der Waals surface area contributed by atoms with Crippen molar-refractivity contribution in [3.63, 3.8) is 0 Å². The minimum atomic E-state index is 0.735. The van der Waals surface area contributed by atoms with Gasteiger partial charge in [0, 0.05) is 16.2 Å². The van der Waals surface area contributed by atoms with Crippen LogP contribution < -0.4 is 5.46 Å². The summed E-state index contributed by atoms with van der Waals surface area (Å²) in [6, 6.07) is 17.8. The van der Waals surface area contributed by atoms with Gasteiger partial charge in [-0.2, -0.15) is 0 Å². The highest BCUT2D eigenvalue weighted by atomic mass is 16.3. The quantitative estimate of drug-likeness (QED) is 0.392. The van der Waals surface area contributed by atoms with Crippen molar-refractivity contribution in [2.45, 2.75) is 0 Å². The fourth-order valence-electron chi connectivity index (χ4n) is 3.12. The molecule has 0 bridgehead atoms. The Morgan fingerprint density at radius 1 is 0.619 bits per heavy atom. The predicted molar refractivity (Wildman–Crippen MR) is 86.4 cm³/mol. The highest BCUT2D eigenvalue weighted by Gasteiger charge is 2.16. The number of hydrogen-bond donors (Lipinski definition) is 0. The first-order valence-corrected chi connectivity index (χ1v) is 6.84. The Balaban J connectivity index is 2.14. The molecule has 0 unspecified atom stereocenters. The molecule has 0 aliphatic heterocycles. The Morgan fingerprint density at radius 3 is 2.38 bits per heavy atom. The number of hydrogen-bond acceptors (Lipinski definition) is 2. The van der Waals surface area contributed by atoms with Crippen molar-refractivity contribution in [1.82, 2.24) is 0 Å². The summed E-state index contributed by atoms with van der Waals surface area (Å²) in [5.74, 6) is 0. The lowest BCUT2D eigenvalue weighted by molar-refractivity contribution is 0.663. The van der Waals surface area contributed by atoms with Gasteiger partial charge >= 0.3 is 0 Å². The van der Waals surface area contributed by atoms with E-state index in [-0.39, 0.29) is 0 Å². The highest BCUT2D eigenvalue weighted by molar-refractivity contribution is 6.42.